The molecular formula is C19H20Cl2N2O3. The lowest BCUT2D eigenvalue weighted by atomic mass is 10.0. The monoisotopic (exact) mass is 394 g/mol. The minimum Gasteiger partial charge on any atom is -0.459 e. The van der Waals surface area contributed by atoms with Gasteiger partial charge in [0.2, 0.25) is 5.91 Å². The molecule has 2 amide bonds. The van der Waals surface area contributed by atoms with E-state index >= 15 is 0 Å². The van der Waals surface area contributed by atoms with E-state index in [0.717, 1.165) is 24.9 Å². The summed E-state index contributed by atoms with van der Waals surface area (Å²) in [6, 6.07) is 8.83. The second kappa shape index (κ2) is 8.60. The summed E-state index contributed by atoms with van der Waals surface area (Å²) in [4.78, 5) is 26.3. The molecule has 0 bridgehead atoms. The molecule has 2 aromatic rings. The van der Waals surface area contributed by atoms with E-state index in [1.807, 2.05) is 17.0 Å². The Labute approximate surface area is 162 Å². The Bertz CT molecular complexity index is 777. The van der Waals surface area contributed by atoms with Crippen molar-refractivity contribution < 1.29 is 14.0 Å². The van der Waals surface area contributed by atoms with E-state index in [0.29, 0.717) is 29.4 Å². The number of furan rings is 1. The Hall–Kier alpha value is -1.98. The molecule has 5 nitrogen and oxygen atoms in total. The molecule has 0 spiro atoms. The molecule has 26 heavy (non-hydrogen) atoms. The van der Waals surface area contributed by atoms with Crippen molar-refractivity contribution in [3.05, 3.63) is 58.0 Å². The molecule has 1 unspecified atom stereocenters. The van der Waals surface area contributed by atoms with Crippen LogP contribution in [0.5, 0.6) is 0 Å². The lowest BCUT2D eigenvalue weighted by Gasteiger charge is -2.25. The van der Waals surface area contributed by atoms with Gasteiger partial charge in [0.15, 0.2) is 5.76 Å². The van der Waals surface area contributed by atoms with Crippen molar-refractivity contribution in [3.8, 4) is 0 Å². The van der Waals surface area contributed by atoms with Gasteiger partial charge in [0, 0.05) is 19.5 Å². The maximum atomic E-state index is 12.6. The van der Waals surface area contributed by atoms with Crippen molar-refractivity contribution in [2.75, 3.05) is 13.1 Å². The van der Waals surface area contributed by atoms with Crippen molar-refractivity contribution >= 4 is 35.0 Å². The van der Waals surface area contributed by atoms with Gasteiger partial charge in [-0.1, -0.05) is 29.3 Å². The Morgan fingerprint density at radius 2 is 2.08 bits per heavy atom. The van der Waals surface area contributed by atoms with Crippen molar-refractivity contribution in [2.24, 2.45) is 0 Å². The molecule has 1 aromatic heterocycles. The van der Waals surface area contributed by atoms with E-state index in [1.165, 1.54) is 6.26 Å². The van der Waals surface area contributed by atoms with Gasteiger partial charge in [-0.05, 0) is 49.1 Å². The number of nitrogens with one attached hydrogen (secondary N) is 1. The van der Waals surface area contributed by atoms with Crippen molar-refractivity contribution in [2.45, 2.75) is 31.7 Å². The molecular weight excluding hydrogens is 375 g/mol. The molecule has 138 valence electrons. The number of hydrogen-bond donors (Lipinski definition) is 1. The second-order valence-electron chi connectivity index (χ2n) is 6.26. The first-order valence-electron chi connectivity index (χ1n) is 8.62. The molecule has 1 fully saturated rings. The van der Waals surface area contributed by atoms with E-state index in [2.05, 4.69) is 5.32 Å². The highest BCUT2D eigenvalue weighted by atomic mass is 35.5. The third kappa shape index (κ3) is 4.40. The largest absolute Gasteiger partial charge is 0.459 e. The van der Waals surface area contributed by atoms with Gasteiger partial charge in [0.1, 0.15) is 0 Å². The SMILES string of the molecule is O=C(NCCCC(=O)N1CCCC1c1ccc(Cl)c(Cl)c1)c1ccco1. The first-order chi connectivity index (χ1) is 12.6. The van der Waals surface area contributed by atoms with Crippen LogP contribution in [0.25, 0.3) is 0 Å². The van der Waals surface area contributed by atoms with Crippen LogP contribution in [0.4, 0.5) is 0 Å². The summed E-state index contributed by atoms with van der Waals surface area (Å²) >= 11 is 12.1. The molecule has 2 heterocycles. The average molecular weight is 395 g/mol. The van der Waals surface area contributed by atoms with Gasteiger partial charge in [-0.25, -0.2) is 0 Å². The zero-order valence-corrected chi connectivity index (χ0v) is 15.7. The summed E-state index contributed by atoms with van der Waals surface area (Å²) < 4.78 is 5.03. The lowest BCUT2D eigenvalue weighted by Crippen LogP contribution is -2.31. The van der Waals surface area contributed by atoms with E-state index in [-0.39, 0.29) is 23.6 Å². The highest BCUT2D eigenvalue weighted by Crippen LogP contribution is 2.35. The van der Waals surface area contributed by atoms with Crippen LogP contribution in [0.1, 0.15) is 47.8 Å². The average Bonchev–Trinajstić information content (AvgIpc) is 3.32. The normalized spacial score (nSPS) is 16.7. The minimum absolute atomic E-state index is 0.0370. The van der Waals surface area contributed by atoms with Crippen molar-refractivity contribution in [3.63, 3.8) is 0 Å². The number of halogens is 2. The van der Waals surface area contributed by atoms with Gasteiger partial charge in [-0.15, -0.1) is 0 Å². The molecule has 1 aliphatic heterocycles. The molecule has 1 aliphatic rings. The number of carbonyl (C=O) groups excluding carboxylic acids is 2. The first-order valence-corrected chi connectivity index (χ1v) is 9.38. The highest BCUT2D eigenvalue weighted by Gasteiger charge is 2.29. The topological polar surface area (TPSA) is 62.6 Å². The summed E-state index contributed by atoms with van der Waals surface area (Å²) in [6.45, 7) is 1.17. The summed E-state index contributed by atoms with van der Waals surface area (Å²) in [6.07, 6.45) is 4.30. The molecule has 0 aliphatic carbocycles. The van der Waals surface area contributed by atoms with Crippen molar-refractivity contribution in [1.29, 1.82) is 0 Å². The van der Waals surface area contributed by atoms with Crippen LogP contribution >= 0.6 is 23.2 Å². The number of likely N-dealkylation sites (tertiary alicyclic amines) is 1. The summed E-state index contributed by atoms with van der Waals surface area (Å²) in [7, 11) is 0. The van der Waals surface area contributed by atoms with Crippen molar-refractivity contribution in [1.82, 2.24) is 10.2 Å². The van der Waals surface area contributed by atoms with Crippen LogP contribution in [-0.4, -0.2) is 29.8 Å². The molecule has 1 saturated heterocycles. The highest BCUT2D eigenvalue weighted by molar-refractivity contribution is 6.42. The van der Waals surface area contributed by atoms with Crippen LogP contribution in [0, 0.1) is 0 Å². The smallest absolute Gasteiger partial charge is 0.286 e. The predicted octanol–water partition coefficient (Wildman–Crippen LogP) is 4.46. The number of hydrogen-bond acceptors (Lipinski definition) is 3. The summed E-state index contributed by atoms with van der Waals surface area (Å²) in [5.74, 6) is 0.0960. The Morgan fingerprint density at radius 1 is 1.23 bits per heavy atom. The number of benzene rings is 1. The van der Waals surface area contributed by atoms with Crippen LogP contribution in [0.2, 0.25) is 10.0 Å². The molecule has 3 rings (SSSR count). The van der Waals surface area contributed by atoms with Gasteiger partial charge in [-0.2, -0.15) is 0 Å². The number of amides is 2. The van der Waals surface area contributed by atoms with Crippen LogP contribution in [0.15, 0.2) is 41.0 Å². The van der Waals surface area contributed by atoms with Crippen LogP contribution in [-0.2, 0) is 4.79 Å². The molecule has 1 aromatic carbocycles. The first kappa shape index (κ1) is 18.8. The standard InChI is InChI=1S/C19H20Cl2N2O3/c20-14-8-7-13(12-15(14)21)16-4-2-10-23(16)18(24)6-1-9-22-19(25)17-5-3-11-26-17/h3,5,7-8,11-12,16H,1-2,4,6,9-10H2,(H,22,25). The third-order valence-electron chi connectivity index (χ3n) is 4.50. The van der Waals surface area contributed by atoms with E-state index < -0.39 is 0 Å². The summed E-state index contributed by atoms with van der Waals surface area (Å²) in [5.41, 5.74) is 1.01. The molecule has 1 N–H and O–H groups in total. The Kier molecular flexibility index (Phi) is 6.22. The minimum atomic E-state index is -0.266. The van der Waals surface area contributed by atoms with E-state index in [9.17, 15) is 9.59 Å². The lowest BCUT2D eigenvalue weighted by molar-refractivity contribution is -0.132. The Balaban J connectivity index is 1.50. The maximum Gasteiger partial charge on any atom is 0.286 e. The number of nitrogens with zero attached hydrogens (tertiary/aromatic N) is 1. The van der Waals surface area contributed by atoms with Gasteiger partial charge in [0.25, 0.3) is 5.91 Å². The fraction of sp³-hybridized carbons (Fsp3) is 0.368. The van der Waals surface area contributed by atoms with Crippen LogP contribution in [0.3, 0.4) is 0 Å². The summed E-state index contributed by atoms with van der Waals surface area (Å²) in [5, 5.41) is 3.77. The van der Waals surface area contributed by atoms with Gasteiger partial charge < -0.3 is 14.6 Å². The molecule has 7 heteroatoms. The van der Waals surface area contributed by atoms with E-state index in [1.54, 1.807) is 18.2 Å². The zero-order chi connectivity index (χ0) is 18.5. The third-order valence-corrected chi connectivity index (χ3v) is 5.24. The van der Waals surface area contributed by atoms with Crippen LogP contribution < -0.4 is 5.32 Å². The zero-order valence-electron chi connectivity index (χ0n) is 14.2. The van der Waals surface area contributed by atoms with E-state index in [4.69, 9.17) is 27.6 Å². The molecule has 0 saturated carbocycles. The maximum absolute atomic E-state index is 12.6. The number of rotatable bonds is 6. The fourth-order valence-corrected chi connectivity index (χ4v) is 3.52. The predicted molar refractivity (Wildman–Crippen MR) is 100 cm³/mol. The quantitative estimate of drug-likeness (QED) is 0.735. The van der Waals surface area contributed by atoms with Gasteiger partial charge in [-0.3, -0.25) is 9.59 Å². The fourth-order valence-electron chi connectivity index (χ4n) is 3.21. The second-order valence-corrected chi connectivity index (χ2v) is 7.07. The molecule has 1 atom stereocenters. The molecule has 0 radical (unpaired) electrons. The van der Waals surface area contributed by atoms with Gasteiger partial charge in [0.05, 0.1) is 22.4 Å². The number of carbonyl (C=O) groups is 2. The van der Waals surface area contributed by atoms with Gasteiger partial charge >= 0.3 is 0 Å². The Morgan fingerprint density at radius 3 is 2.81 bits per heavy atom.